The van der Waals surface area contributed by atoms with E-state index in [4.69, 9.17) is 4.74 Å². The minimum Gasteiger partial charge on any atom is -0.352 e. The molecule has 2 aliphatic heterocycles. The number of para-hydroxylation sites is 1. The summed E-state index contributed by atoms with van der Waals surface area (Å²) in [5.74, 6) is 0.627. The van der Waals surface area contributed by atoms with Crippen LogP contribution in [0.2, 0.25) is 0 Å². The maximum absolute atomic E-state index is 12.9. The molecule has 158 valence electrons. The van der Waals surface area contributed by atoms with Crippen LogP contribution in [0, 0.1) is 0 Å². The third-order valence-corrected chi connectivity index (χ3v) is 5.97. The number of ether oxygens (including phenoxy) is 1. The molecule has 1 aromatic carbocycles. The first kappa shape index (κ1) is 19.4. The highest BCUT2D eigenvalue weighted by molar-refractivity contribution is 5.94. The van der Waals surface area contributed by atoms with Crippen LogP contribution in [0.1, 0.15) is 29.0 Å². The van der Waals surface area contributed by atoms with Gasteiger partial charge in [0.1, 0.15) is 11.4 Å². The van der Waals surface area contributed by atoms with Gasteiger partial charge in [-0.1, -0.05) is 18.2 Å². The van der Waals surface area contributed by atoms with Gasteiger partial charge in [0.25, 0.3) is 11.8 Å². The average molecular weight is 417 g/mol. The molecule has 0 saturated carbocycles. The SMILES string of the molecule is O=C(Nc1ccccc1)C1Cn2ccnc2C2(CCN(C(=O)c3ccncc3)CC2)O1. The fraction of sp³-hybridized carbons (Fsp3) is 0.304. The molecule has 8 heteroatoms. The van der Waals surface area contributed by atoms with Gasteiger partial charge in [-0.15, -0.1) is 0 Å². The van der Waals surface area contributed by atoms with Crippen LogP contribution in [0.5, 0.6) is 0 Å². The van der Waals surface area contributed by atoms with Gasteiger partial charge in [0.05, 0.1) is 6.54 Å². The van der Waals surface area contributed by atoms with Crippen molar-refractivity contribution in [3.05, 3.63) is 78.6 Å². The third-order valence-electron chi connectivity index (χ3n) is 5.97. The Morgan fingerprint density at radius 1 is 1.03 bits per heavy atom. The fourth-order valence-corrected chi connectivity index (χ4v) is 4.37. The van der Waals surface area contributed by atoms with Gasteiger partial charge in [0.2, 0.25) is 0 Å². The van der Waals surface area contributed by atoms with E-state index in [0.717, 1.165) is 11.5 Å². The number of carbonyl (C=O) groups is 2. The number of anilines is 1. The van der Waals surface area contributed by atoms with Crippen LogP contribution in [-0.4, -0.2) is 50.4 Å². The van der Waals surface area contributed by atoms with E-state index >= 15 is 0 Å². The zero-order valence-electron chi connectivity index (χ0n) is 17.0. The number of fused-ring (bicyclic) bond motifs is 2. The van der Waals surface area contributed by atoms with Gasteiger partial charge in [-0.05, 0) is 24.3 Å². The van der Waals surface area contributed by atoms with Crippen LogP contribution >= 0.6 is 0 Å². The number of carbonyl (C=O) groups excluding carboxylic acids is 2. The number of nitrogens with zero attached hydrogens (tertiary/aromatic N) is 4. The minimum atomic E-state index is -0.685. The average Bonchev–Trinajstić information content (AvgIpc) is 3.30. The summed E-state index contributed by atoms with van der Waals surface area (Å²) < 4.78 is 8.42. The molecule has 0 bridgehead atoms. The number of rotatable bonds is 3. The summed E-state index contributed by atoms with van der Waals surface area (Å²) in [5.41, 5.74) is 0.673. The molecule has 4 heterocycles. The number of amides is 2. The van der Waals surface area contributed by atoms with Crippen molar-refractivity contribution in [3.8, 4) is 0 Å². The number of imidazole rings is 1. The monoisotopic (exact) mass is 417 g/mol. The van der Waals surface area contributed by atoms with Crippen LogP contribution in [-0.2, 0) is 21.7 Å². The number of aromatic nitrogens is 3. The summed E-state index contributed by atoms with van der Waals surface area (Å²) in [6, 6.07) is 12.8. The highest BCUT2D eigenvalue weighted by Crippen LogP contribution is 2.40. The fourth-order valence-electron chi connectivity index (χ4n) is 4.37. The van der Waals surface area contributed by atoms with E-state index in [1.165, 1.54) is 0 Å². The van der Waals surface area contributed by atoms with E-state index < -0.39 is 11.7 Å². The van der Waals surface area contributed by atoms with Crippen LogP contribution < -0.4 is 5.32 Å². The Bertz CT molecular complexity index is 1070. The van der Waals surface area contributed by atoms with Crippen LogP contribution in [0.3, 0.4) is 0 Å². The molecule has 0 aliphatic carbocycles. The van der Waals surface area contributed by atoms with Gasteiger partial charge in [0, 0.05) is 62.0 Å². The van der Waals surface area contributed by atoms with Gasteiger partial charge in [0.15, 0.2) is 6.10 Å². The number of hydrogen-bond donors (Lipinski definition) is 1. The summed E-state index contributed by atoms with van der Waals surface area (Å²) in [5, 5.41) is 2.94. The lowest BCUT2D eigenvalue weighted by Crippen LogP contribution is -2.54. The molecule has 31 heavy (non-hydrogen) atoms. The Kier molecular flexibility index (Phi) is 4.99. The first-order chi connectivity index (χ1) is 15.1. The van der Waals surface area contributed by atoms with E-state index in [1.807, 2.05) is 46.0 Å². The maximum atomic E-state index is 12.9. The van der Waals surface area contributed by atoms with Gasteiger partial charge in [-0.25, -0.2) is 4.98 Å². The molecule has 1 spiro atoms. The molecule has 8 nitrogen and oxygen atoms in total. The van der Waals surface area contributed by atoms with Crippen molar-refractivity contribution in [1.82, 2.24) is 19.4 Å². The second-order valence-electron chi connectivity index (χ2n) is 7.89. The molecular formula is C23H23N5O3. The number of piperidine rings is 1. The Hall–Kier alpha value is -3.52. The predicted molar refractivity (Wildman–Crippen MR) is 113 cm³/mol. The van der Waals surface area contributed by atoms with E-state index in [9.17, 15) is 9.59 Å². The van der Waals surface area contributed by atoms with E-state index in [0.29, 0.717) is 38.0 Å². The normalized spacial score (nSPS) is 19.6. The molecule has 3 aromatic rings. The largest absolute Gasteiger partial charge is 0.352 e. The van der Waals surface area contributed by atoms with E-state index in [-0.39, 0.29) is 11.8 Å². The summed E-state index contributed by atoms with van der Waals surface area (Å²) >= 11 is 0. The highest BCUT2D eigenvalue weighted by Gasteiger charge is 2.47. The van der Waals surface area contributed by atoms with Crippen molar-refractivity contribution in [2.75, 3.05) is 18.4 Å². The molecule has 1 N–H and O–H groups in total. The molecular weight excluding hydrogens is 394 g/mol. The van der Waals surface area contributed by atoms with Crippen molar-refractivity contribution >= 4 is 17.5 Å². The molecule has 1 saturated heterocycles. The van der Waals surface area contributed by atoms with Crippen molar-refractivity contribution < 1.29 is 14.3 Å². The van der Waals surface area contributed by atoms with Crippen molar-refractivity contribution in [3.63, 3.8) is 0 Å². The molecule has 5 rings (SSSR count). The summed E-state index contributed by atoms with van der Waals surface area (Å²) in [6.45, 7) is 1.47. The van der Waals surface area contributed by atoms with Crippen molar-refractivity contribution in [2.45, 2.75) is 31.1 Å². The number of benzene rings is 1. The first-order valence-corrected chi connectivity index (χ1v) is 10.4. The van der Waals surface area contributed by atoms with Crippen LogP contribution in [0.25, 0.3) is 0 Å². The molecule has 0 radical (unpaired) electrons. The molecule has 2 aromatic heterocycles. The smallest absolute Gasteiger partial charge is 0.255 e. The topological polar surface area (TPSA) is 89.4 Å². The lowest BCUT2D eigenvalue weighted by Gasteiger charge is -2.45. The zero-order chi connectivity index (χ0) is 21.3. The Morgan fingerprint density at radius 3 is 2.52 bits per heavy atom. The summed E-state index contributed by atoms with van der Waals surface area (Å²) in [4.78, 5) is 36.1. The molecule has 2 amide bonds. The summed E-state index contributed by atoms with van der Waals surface area (Å²) in [7, 11) is 0. The van der Waals surface area contributed by atoms with Crippen molar-refractivity contribution in [1.29, 1.82) is 0 Å². The molecule has 1 atom stereocenters. The van der Waals surface area contributed by atoms with E-state index in [1.54, 1.807) is 30.7 Å². The number of hydrogen-bond acceptors (Lipinski definition) is 5. The van der Waals surface area contributed by atoms with Crippen LogP contribution in [0.15, 0.2) is 67.3 Å². The van der Waals surface area contributed by atoms with Crippen molar-refractivity contribution in [2.24, 2.45) is 0 Å². The number of likely N-dealkylation sites (tertiary alicyclic amines) is 1. The lowest BCUT2D eigenvalue weighted by molar-refractivity contribution is -0.168. The van der Waals surface area contributed by atoms with Gasteiger partial charge in [-0.3, -0.25) is 14.6 Å². The Balaban J connectivity index is 1.33. The minimum absolute atomic E-state index is 0.0187. The number of pyridine rings is 1. The number of nitrogens with one attached hydrogen (secondary N) is 1. The third kappa shape index (κ3) is 3.70. The quantitative estimate of drug-likeness (QED) is 0.707. The standard InChI is InChI=1S/C23H23N5O3/c29-20(26-18-4-2-1-3-5-18)19-16-28-15-12-25-22(28)23(31-19)8-13-27(14-9-23)21(30)17-6-10-24-11-7-17/h1-7,10-12,15,19H,8-9,13-14,16H2,(H,26,29). The Labute approximate surface area is 179 Å². The van der Waals surface area contributed by atoms with Gasteiger partial charge >= 0.3 is 0 Å². The maximum Gasteiger partial charge on any atom is 0.255 e. The second-order valence-corrected chi connectivity index (χ2v) is 7.89. The first-order valence-electron chi connectivity index (χ1n) is 10.4. The zero-order valence-corrected chi connectivity index (χ0v) is 17.0. The molecule has 2 aliphatic rings. The summed E-state index contributed by atoms with van der Waals surface area (Å²) in [6.07, 6.45) is 7.39. The Morgan fingerprint density at radius 2 is 1.77 bits per heavy atom. The molecule has 1 fully saturated rings. The van der Waals surface area contributed by atoms with Gasteiger partial charge < -0.3 is 19.5 Å². The van der Waals surface area contributed by atoms with Gasteiger partial charge in [-0.2, -0.15) is 0 Å². The van der Waals surface area contributed by atoms with Crippen LogP contribution in [0.4, 0.5) is 5.69 Å². The van der Waals surface area contributed by atoms with E-state index in [2.05, 4.69) is 15.3 Å². The molecule has 1 unspecified atom stereocenters. The lowest BCUT2D eigenvalue weighted by atomic mass is 9.88. The second kappa shape index (κ2) is 7.96. The highest BCUT2D eigenvalue weighted by atomic mass is 16.5. The predicted octanol–water partition coefficient (Wildman–Crippen LogP) is 2.45.